The molecule has 0 aliphatic carbocycles. The van der Waals surface area contributed by atoms with Crippen molar-refractivity contribution in [1.82, 2.24) is 0 Å². The minimum atomic E-state index is -2.18. The van der Waals surface area contributed by atoms with Crippen LogP contribution in [0.3, 0.4) is 0 Å². The topological polar surface area (TPSA) is 98.9 Å². The van der Waals surface area contributed by atoms with Gasteiger partial charge in [0.15, 0.2) is 0 Å². The maximum absolute atomic E-state index is 11.7. The molecule has 0 aliphatic rings. The van der Waals surface area contributed by atoms with Crippen molar-refractivity contribution in [2.75, 3.05) is 13.7 Å². The van der Waals surface area contributed by atoms with Gasteiger partial charge in [0.25, 0.3) is 0 Å². The number of nitrogens with two attached hydrogens (primary N) is 1. The number of benzene rings is 1. The summed E-state index contributed by atoms with van der Waals surface area (Å²) in [5.74, 6) is -2.51. The Kier molecular flexibility index (Phi) is 4.82. The number of carboxylic acid groups (broad SMARTS) is 1. The number of carbonyl (C=O) groups is 2. The fraction of sp³-hybridized carbons (Fsp3) is 0.333. The van der Waals surface area contributed by atoms with Gasteiger partial charge in [-0.2, -0.15) is 0 Å². The summed E-state index contributed by atoms with van der Waals surface area (Å²) in [6.07, 6.45) is 0. The first-order valence-electron chi connectivity index (χ1n) is 5.23. The number of ether oxygens (including phenoxy) is 2. The van der Waals surface area contributed by atoms with Crippen molar-refractivity contribution in [3.05, 3.63) is 35.9 Å². The van der Waals surface area contributed by atoms with Gasteiger partial charge in [-0.3, -0.25) is 0 Å². The van der Waals surface area contributed by atoms with Gasteiger partial charge in [-0.05, 0) is 5.56 Å². The number of esters is 1. The Morgan fingerprint density at radius 1 is 1.33 bits per heavy atom. The van der Waals surface area contributed by atoms with Crippen LogP contribution in [-0.2, 0) is 25.7 Å². The van der Waals surface area contributed by atoms with Crippen molar-refractivity contribution in [3.63, 3.8) is 0 Å². The molecular formula is C12H15NO5. The monoisotopic (exact) mass is 253 g/mol. The summed E-state index contributed by atoms with van der Waals surface area (Å²) in [6, 6.07) is 8.89. The molecule has 1 rings (SSSR count). The molecule has 6 heteroatoms. The summed E-state index contributed by atoms with van der Waals surface area (Å²) in [5.41, 5.74) is 4.03. The lowest BCUT2D eigenvalue weighted by Crippen LogP contribution is -2.59. The number of hydrogen-bond acceptors (Lipinski definition) is 5. The van der Waals surface area contributed by atoms with Gasteiger partial charge in [0.1, 0.15) is 6.61 Å². The van der Waals surface area contributed by atoms with E-state index in [4.69, 9.17) is 15.6 Å². The third-order valence-electron chi connectivity index (χ3n) is 2.33. The highest BCUT2D eigenvalue weighted by Crippen LogP contribution is 2.08. The van der Waals surface area contributed by atoms with E-state index < -0.39 is 24.1 Å². The Labute approximate surface area is 104 Å². The standard InChI is InChI=1S/C12H15NO5/c1-17-8-12(13,10(14)15)11(16)18-7-9-5-3-2-4-6-9/h2-6H,7-8,13H2,1H3,(H,14,15). The van der Waals surface area contributed by atoms with Crippen LogP contribution in [0.5, 0.6) is 0 Å². The molecule has 98 valence electrons. The zero-order valence-electron chi connectivity index (χ0n) is 9.96. The lowest BCUT2D eigenvalue weighted by molar-refractivity contribution is -0.164. The highest BCUT2D eigenvalue weighted by atomic mass is 16.5. The molecule has 0 aromatic heterocycles. The normalized spacial score (nSPS) is 13.7. The molecule has 1 unspecified atom stereocenters. The van der Waals surface area contributed by atoms with Crippen LogP contribution in [0.15, 0.2) is 30.3 Å². The van der Waals surface area contributed by atoms with Crippen LogP contribution in [0.25, 0.3) is 0 Å². The van der Waals surface area contributed by atoms with Crippen LogP contribution >= 0.6 is 0 Å². The van der Waals surface area contributed by atoms with Crippen molar-refractivity contribution >= 4 is 11.9 Å². The molecule has 0 aliphatic heterocycles. The molecule has 18 heavy (non-hydrogen) atoms. The zero-order valence-corrected chi connectivity index (χ0v) is 9.96. The van der Waals surface area contributed by atoms with E-state index in [1.807, 2.05) is 6.07 Å². The van der Waals surface area contributed by atoms with Gasteiger partial charge in [0, 0.05) is 7.11 Å². The second-order valence-corrected chi connectivity index (χ2v) is 3.77. The van der Waals surface area contributed by atoms with Crippen molar-refractivity contribution in [1.29, 1.82) is 0 Å². The highest BCUT2D eigenvalue weighted by Gasteiger charge is 2.44. The molecular weight excluding hydrogens is 238 g/mol. The Bertz CT molecular complexity index is 420. The van der Waals surface area contributed by atoms with Crippen molar-refractivity contribution in [3.8, 4) is 0 Å². The molecule has 6 nitrogen and oxygen atoms in total. The molecule has 1 atom stereocenters. The molecule has 0 saturated heterocycles. The molecule has 0 saturated carbocycles. The van der Waals surface area contributed by atoms with Crippen LogP contribution in [-0.4, -0.2) is 36.3 Å². The van der Waals surface area contributed by atoms with E-state index in [1.54, 1.807) is 24.3 Å². The average Bonchev–Trinajstić information content (AvgIpc) is 2.37. The number of methoxy groups -OCH3 is 1. The Balaban J connectivity index is 2.66. The van der Waals surface area contributed by atoms with E-state index in [-0.39, 0.29) is 6.61 Å². The van der Waals surface area contributed by atoms with Crippen LogP contribution in [0.2, 0.25) is 0 Å². The summed E-state index contributed by atoms with van der Waals surface area (Å²) in [7, 11) is 1.26. The maximum atomic E-state index is 11.7. The van der Waals surface area contributed by atoms with Gasteiger partial charge in [-0.1, -0.05) is 30.3 Å². The minimum absolute atomic E-state index is 0.0321. The predicted molar refractivity (Wildman–Crippen MR) is 62.7 cm³/mol. The lowest BCUT2D eigenvalue weighted by Gasteiger charge is -2.21. The minimum Gasteiger partial charge on any atom is -0.479 e. The summed E-state index contributed by atoms with van der Waals surface area (Å²) < 4.78 is 9.52. The van der Waals surface area contributed by atoms with Crippen molar-refractivity contribution in [2.24, 2.45) is 5.73 Å². The van der Waals surface area contributed by atoms with Crippen LogP contribution in [0.4, 0.5) is 0 Å². The molecule has 0 amide bonds. The van der Waals surface area contributed by atoms with E-state index in [0.29, 0.717) is 0 Å². The van der Waals surface area contributed by atoms with E-state index in [1.165, 1.54) is 7.11 Å². The molecule has 0 spiro atoms. The molecule has 1 aromatic carbocycles. The molecule has 0 heterocycles. The Hall–Kier alpha value is -1.92. The van der Waals surface area contributed by atoms with Crippen LogP contribution < -0.4 is 5.73 Å². The summed E-state index contributed by atoms with van der Waals surface area (Å²) in [6.45, 7) is -0.481. The summed E-state index contributed by atoms with van der Waals surface area (Å²) in [4.78, 5) is 22.6. The second kappa shape index (κ2) is 6.13. The average molecular weight is 253 g/mol. The molecule has 3 N–H and O–H groups in total. The van der Waals surface area contributed by atoms with Crippen molar-refractivity contribution < 1.29 is 24.2 Å². The van der Waals surface area contributed by atoms with E-state index in [9.17, 15) is 9.59 Å². The van der Waals surface area contributed by atoms with Crippen LogP contribution in [0.1, 0.15) is 5.56 Å². The van der Waals surface area contributed by atoms with Gasteiger partial charge in [0.2, 0.25) is 5.54 Å². The summed E-state index contributed by atoms with van der Waals surface area (Å²) >= 11 is 0. The SMILES string of the molecule is COCC(N)(C(=O)O)C(=O)OCc1ccccc1. The number of hydrogen-bond donors (Lipinski definition) is 2. The third kappa shape index (κ3) is 3.28. The quantitative estimate of drug-likeness (QED) is 0.553. The number of aliphatic carboxylic acids is 1. The second-order valence-electron chi connectivity index (χ2n) is 3.77. The summed E-state index contributed by atoms with van der Waals surface area (Å²) in [5, 5.41) is 8.93. The van der Waals surface area contributed by atoms with Gasteiger partial charge in [0.05, 0.1) is 6.61 Å². The van der Waals surface area contributed by atoms with Crippen molar-refractivity contribution in [2.45, 2.75) is 12.1 Å². The van der Waals surface area contributed by atoms with Gasteiger partial charge in [-0.25, -0.2) is 9.59 Å². The maximum Gasteiger partial charge on any atom is 0.340 e. The number of rotatable bonds is 6. The van der Waals surface area contributed by atoms with E-state index in [0.717, 1.165) is 5.56 Å². The van der Waals surface area contributed by atoms with E-state index in [2.05, 4.69) is 4.74 Å². The zero-order chi connectivity index (χ0) is 13.6. The predicted octanol–water partition coefficient (Wildman–Crippen LogP) is 0.158. The number of carbonyl (C=O) groups excluding carboxylic acids is 1. The Morgan fingerprint density at radius 3 is 2.44 bits per heavy atom. The Morgan fingerprint density at radius 2 is 1.94 bits per heavy atom. The smallest absolute Gasteiger partial charge is 0.340 e. The fourth-order valence-corrected chi connectivity index (χ4v) is 1.29. The lowest BCUT2D eigenvalue weighted by atomic mass is 10.0. The molecule has 0 radical (unpaired) electrons. The van der Waals surface area contributed by atoms with Gasteiger partial charge >= 0.3 is 11.9 Å². The highest BCUT2D eigenvalue weighted by molar-refractivity contribution is 6.04. The first-order chi connectivity index (χ1) is 8.50. The number of carboxylic acids is 1. The van der Waals surface area contributed by atoms with Gasteiger partial charge < -0.3 is 20.3 Å². The largest absolute Gasteiger partial charge is 0.479 e. The first-order valence-corrected chi connectivity index (χ1v) is 5.23. The molecule has 0 fully saturated rings. The third-order valence-corrected chi connectivity index (χ3v) is 2.33. The van der Waals surface area contributed by atoms with Gasteiger partial charge in [-0.15, -0.1) is 0 Å². The first kappa shape index (κ1) is 14.1. The van der Waals surface area contributed by atoms with E-state index >= 15 is 0 Å². The molecule has 1 aromatic rings. The fourth-order valence-electron chi connectivity index (χ4n) is 1.29. The van der Waals surface area contributed by atoms with Crippen LogP contribution in [0, 0.1) is 0 Å². The molecule has 0 bridgehead atoms.